The molecular formula is C17H21N3O. The molecule has 0 saturated heterocycles. The number of oxime groups is 1. The van der Waals surface area contributed by atoms with Crippen molar-refractivity contribution in [2.75, 3.05) is 11.9 Å². The van der Waals surface area contributed by atoms with Gasteiger partial charge in [-0.1, -0.05) is 48.5 Å². The van der Waals surface area contributed by atoms with Gasteiger partial charge in [-0.2, -0.15) is 0 Å². The van der Waals surface area contributed by atoms with E-state index in [1.165, 1.54) is 11.1 Å². The van der Waals surface area contributed by atoms with Crippen molar-refractivity contribution in [1.29, 1.82) is 0 Å². The van der Waals surface area contributed by atoms with Crippen molar-refractivity contribution < 1.29 is 5.21 Å². The summed E-state index contributed by atoms with van der Waals surface area (Å²) >= 11 is 0. The first-order valence-electron chi connectivity index (χ1n) is 7.01. The maximum absolute atomic E-state index is 8.89. The van der Waals surface area contributed by atoms with Gasteiger partial charge < -0.3 is 15.8 Å². The molecule has 0 aliphatic rings. The lowest BCUT2D eigenvalue weighted by atomic mass is 10.1. The molecule has 0 spiro atoms. The van der Waals surface area contributed by atoms with Crippen LogP contribution in [-0.2, 0) is 13.0 Å². The monoisotopic (exact) mass is 283 g/mol. The average Bonchev–Trinajstić information content (AvgIpc) is 2.54. The number of nitrogens with zero attached hydrogens (tertiary/aromatic N) is 2. The zero-order chi connectivity index (χ0) is 15.2. The van der Waals surface area contributed by atoms with Crippen LogP contribution in [0.5, 0.6) is 0 Å². The highest BCUT2D eigenvalue weighted by Gasteiger charge is 2.10. The predicted molar refractivity (Wildman–Crippen MR) is 86.9 cm³/mol. The smallest absolute Gasteiger partial charge is 0.172 e. The van der Waals surface area contributed by atoms with E-state index in [1.54, 1.807) is 0 Å². The van der Waals surface area contributed by atoms with E-state index >= 15 is 0 Å². The van der Waals surface area contributed by atoms with Gasteiger partial charge in [0.05, 0.1) is 0 Å². The Hall–Kier alpha value is -2.49. The first-order chi connectivity index (χ1) is 10.2. The van der Waals surface area contributed by atoms with Crippen LogP contribution in [0.15, 0.2) is 53.7 Å². The van der Waals surface area contributed by atoms with Gasteiger partial charge in [-0.15, -0.1) is 0 Å². The number of hydrogen-bond donors (Lipinski definition) is 2. The summed E-state index contributed by atoms with van der Waals surface area (Å²) in [6.07, 6.45) is 1.04. The molecule has 3 N–H and O–H groups in total. The Morgan fingerprint density at radius 1 is 1.10 bits per heavy atom. The molecule has 0 aromatic heterocycles. The topological polar surface area (TPSA) is 61.8 Å². The molecule has 110 valence electrons. The average molecular weight is 283 g/mol. The fourth-order valence-corrected chi connectivity index (χ4v) is 2.32. The first-order valence-corrected chi connectivity index (χ1v) is 7.01. The molecule has 0 amide bonds. The third-order valence-electron chi connectivity index (χ3n) is 3.55. The number of rotatable bonds is 5. The van der Waals surface area contributed by atoms with Gasteiger partial charge in [0.15, 0.2) is 5.84 Å². The zero-order valence-electron chi connectivity index (χ0n) is 12.5. The second-order valence-corrected chi connectivity index (χ2v) is 5.03. The lowest BCUT2D eigenvalue weighted by molar-refractivity contribution is 0.318. The quantitative estimate of drug-likeness (QED) is 0.384. The van der Waals surface area contributed by atoms with E-state index in [4.69, 9.17) is 10.9 Å². The Morgan fingerprint density at radius 3 is 2.33 bits per heavy atom. The molecule has 2 aromatic rings. The molecule has 0 radical (unpaired) electrons. The van der Waals surface area contributed by atoms with Gasteiger partial charge in [-0.3, -0.25) is 0 Å². The molecule has 0 aliphatic carbocycles. The SMILES string of the molecule is CCc1ccc(CN(C)c2ccccc2/C(N)=N/O)cc1. The van der Waals surface area contributed by atoms with Crippen molar-refractivity contribution in [3.05, 3.63) is 65.2 Å². The Balaban J connectivity index is 2.21. The fourth-order valence-electron chi connectivity index (χ4n) is 2.32. The number of benzene rings is 2. The minimum absolute atomic E-state index is 0.124. The van der Waals surface area contributed by atoms with Crippen LogP contribution in [0, 0.1) is 0 Å². The summed E-state index contributed by atoms with van der Waals surface area (Å²) < 4.78 is 0. The van der Waals surface area contributed by atoms with Crippen molar-refractivity contribution in [3.8, 4) is 0 Å². The summed E-state index contributed by atoms with van der Waals surface area (Å²) in [4.78, 5) is 2.09. The van der Waals surface area contributed by atoms with E-state index in [-0.39, 0.29) is 5.84 Å². The molecule has 0 saturated carbocycles. The zero-order valence-corrected chi connectivity index (χ0v) is 12.5. The van der Waals surface area contributed by atoms with Crippen molar-refractivity contribution in [1.82, 2.24) is 0 Å². The summed E-state index contributed by atoms with van der Waals surface area (Å²) in [5.41, 5.74) is 9.96. The van der Waals surface area contributed by atoms with E-state index in [1.807, 2.05) is 31.3 Å². The molecule has 2 aromatic carbocycles. The molecule has 4 heteroatoms. The van der Waals surface area contributed by atoms with Crippen LogP contribution >= 0.6 is 0 Å². The van der Waals surface area contributed by atoms with Crippen molar-refractivity contribution in [2.45, 2.75) is 19.9 Å². The van der Waals surface area contributed by atoms with Gasteiger partial charge >= 0.3 is 0 Å². The summed E-state index contributed by atoms with van der Waals surface area (Å²) in [6, 6.07) is 16.2. The van der Waals surface area contributed by atoms with Gasteiger partial charge in [0.1, 0.15) is 0 Å². The summed E-state index contributed by atoms with van der Waals surface area (Å²) in [6.45, 7) is 2.91. The highest BCUT2D eigenvalue weighted by Crippen LogP contribution is 2.21. The number of amidine groups is 1. The van der Waals surface area contributed by atoms with Gasteiger partial charge in [-0.05, 0) is 29.7 Å². The van der Waals surface area contributed by atoms with Gasteiger partial charge in [0, 0.05) is 24.8 Å². The van der Waals surface area contributed by atoms with E-state index in [2.05, 4.69) is 41.2 Å². The number of hydrogen-bond acceptors (Lipinski definition) is 3. The van der Waals surface area contributed by atoms with Crippen molar-refractivity contribution >= 4 is 11.5 Å². The predicted octanol–water partition coefficient (Wildman–Crippen LogP) is 2.98. The van der Waals surface area contributed by atoms with E-state index in [0.717, 1.165) is 24.2 Å². The van der Waals surface area contributed by atoms with Crippen LogP contribution in [-0.4, -0.2) is 18.1 Å². The Morgan fingerprint density at radius 2 is 1.71 bits per heavy atom. The second kappa shape index (κ2) is 6.79. The molecule has 0 heterocycles. The Bertz CT molecular complexity index is 620. The molecule has 0 bridgehead atoms. The minimum Gasteiger partial charge on any atom is -0.409 e. The molecule has 2 rings (SSSR count). The Kier molecular flexibility index (Phi) is 4.82. The third-order valence-corrected chi connectivity index (χ3v) is 3.55. The number of para-hydroxylation sites is 1. The third kappa shape index (κ3) is 3.54. The maximum atomic E-state index is 8.89. The van der Waals surface area contributed by atoms with Crippen LogP contribution in [0.3, 0.4) is 0 Å². The largest absolute Gasteiger partial charge is 0.409 e. The molecule has 0 atom stereocenters. The van der Waals surface area contributed by atoms with Gasteiger partial charge in [0.2, 0.25) is 0 Å². The first kappa shape index (κ1) is 14.9. The van der Waals surface area contributed by atoms with Crippen LogP contribution in [0.25, 0.3) is 0 Å². The van der Waals surface area contributed by atoms with E-state index in [0.29, 0.717) is 0 Å². The number of anilines is 1. The summed E-state index contributed by atoms with van der Waals surface area (Å²) in [5.74, 6) is 0.124. The van der Waals surface area contributed by atoms with Crippen LogP contribution in [0.4, 0.5) is 5.69 Å². The van der Waals surface area contributed by atoms with Crippen molar-refractivity contribution in [2.24, 2.45) is 10.9 Å². The number of aryl methyl sites for hydroxylation is 1. The highest BCUT2D eigenvalue weighted by molar-refractivity contribution is 6.02. The van der Waals surface area contributed by atoms with Crippen LogP contribution in [0.1, 0.15) is 23.6 Å². The lowest BCUT2D eigenvalue weighted by Crippen LogP contribution is -2.22. The summed E-state index contributed by atoms with van der Waals surface area (Å²) in [5, 5.41) is 12.0. The van der Waals surface area contributed by atoms with E-state index < -0.39 is 0 Å². The fraction of sp³-hybridized carbons (Fsp3) is 0.235. The Labute approximate surface area is 125 Å². The van der Waals surface area contributed by atoms with Gasteiger partial charge in [-0.25, -0.2) is 0 Å². The maximum Gasteiger partial charge on any atom is 0.172 e. The second-order valence-electron chi connectivity index (χ2n) is 5.03. The number of nitrogens with two attached hydrogens (primary N) is 1. The van der Waals surface area contributed by atoms with E-state index in [9.17, 15) is 0 Å². The normalized spacial score (nSPS) is 11.4. The lowest BCUT2D eigenvalue weighted by Gasteiger charge is -2.22. The molecule has 0 aliphatic heterocycles. The minimum atomic E-state index is 0.124. The standard InChI is InChI=1S/C17H21N3O/c1-3-13-8-10-14(11-9-13)12-20(2)16-7-5-4-6-15(16)17(18)19-21/h4-11,21H,3,12H2,1-2H3,(H2,18,19). The highest BCUT2D eigenvalue weighted by atomic mass is 16.4. The molecule has 4 nitrogen and oxygen atoms in total. The molecular weight excluding hydrogens is 262 g/mol. The molecule has 21 heavy (non-hydrogen) atoms. The van der Waals surface area contributed by atoms with Gasteiger partial charge in [0.25, 0.3) is 0 Å². The van der Waals surface area contributed by atoms with Crippen molar-refractivity contribution in [3.63, 3.8) is 0 Å². The molecule has 0 fully saturated rings. The molecule has 0 unspecified atom stereocenters. The van der Waals surface area contributed by atoms with Crippen LogP contribution in [0.2, 0.25) is 0 Å². The summed E-state index contributed by atoms with van der Waals surface area (Å²) in [7, 11) is 2.00. The van der Waals surface area contributed by atoms with Crippen LogP contribution < -0.4 is 10.6 Å².